The molecule has 2 aliphatic rings. The van der Waals surface area contributed by atoms with Crippen LogP contribution in [0.5, 0.6) is 0 Å². The van der Waals surface area contributed by atoms with Gasteiger partial charge < -0.3 is 0 Å². The molecule has 1 amide bonds. The fourth-order valence-electron chi connectivity index (χ4n) is 5.39. The molecule has 3 heteroatoms. The summed E-state index contributed by atoms with van der Waals surface area (Å²) in [6.07, 6.45) is 8.91. The van der Waals surface area contributed by atoms with Crippen LogP contribution >= 0.6 is 0 Å². The van der Waals surface area contributed by atoms with Gasteiger partial charge in [0, 0.05) is 18.3 Å². The normalized spacial score (nSPS) is 25.1. The van der Waals surface area contributed by atoms with Crippen molar-refractivity contribution < 1.29 is 4.79 Å². The van der Waals surface area contributed by atoms with E-state index >= 15 is 0 Å². The van der Waals surface area contributed by atoms with E-state index in [1.54, 1.807) is 0 Å². The number of amides is 1. The fraction of sp³-hybridized carbons (Fsp3) is 0.480. The van der Waals surface area contributed by atoms with Crippen molar-refractivity contribution in [3.63, 3.8) is 0 Å². The van der Waals surface area contributed by atoms with Gasteiger partial charge in [0.15, 0.2) is 0 Å². The van der Waals surface area contributed by atoms with Gasteiger partial charge in [-0.1, -0.05) is 62.6 Å². The molecule has 0 radical (unpaired) electrons. The SMILES string of the molecule is CCCN1CC2CCCCC2CC1c1ccccc1N(C=O)c1ccccc1. The van der Waals surface area contributed by atoms with Gasteiger partial charge in [-0.05, 0) is 61.4 Å². The number of anilines is 2. The largest absolute Gasteiger partial charge is 0.296 e. The molecule has 1 saturated heterocycles. The Morgan fingerprint density at radius 3 is 2.46 bits per heavy atom. The zero-order valence-electron chi connectivity index (χ0n) is 17.0. The number of carbonyl (C=O) groups is 1. The van der Waals surface area contributed by atoms with E-state index in [1.807, 2.05) is 35.2 Å². The van der Waals surface area contributed by atoms with Crippen molar-refractivity contribution in [2.24, 2.45) is 11.8 Å². The van der Waals surface area contributed by atoms with Crippen LogP contribution in [0.2, 0.25) is 0 Å². The number of piperidine rings is 1. The average molecular weight is 377 g/mol. The van der Waals surface area contributed by atoms with Gasteiger partial charge in [-0.25, -0.2) is 0 Å². The average Bonchev–Trinajstić information content (AvgIpc) is 2.75. The summed E-state index contributed by atoms with van der Waals surface area (Å²) in [6.45, 7) is 4.62. The third-order valence-electron chi connectivity index (χ3n) is 6.71. The molecule has 0 bridgehead atoms. The van der Waals surface area contributed by atoms with Crippen LogP contribution in [0, 0.1) is 11.8 Å². The fourth-order valence-corrected chi connectivity index (χ4v) is 5.39. The van der Waals surface area contributed by atoms with Crippen LogP contribution < -0.4 is 4.90 Å². The van der Waals surface area contributed by atoms with Crippen LogP contribution in [0.1, 0.15) is 57.1 Å². The van der Waals surface area contributed by atoms with E-state index in [2.05, 4.69) is 36.1 Å². The summed E-state index contributed by atoms with van der Waals surface area (Å²) < 4.78 is 0. The van der Waals surface area contributed by atoms with E-state index in [9.17, 15) is 4.79 Å². The topological polar surface area (TPSA) is 23.6 Å². The Morgan fingerprint density at radius 1 is 1.00 bits per heavy atom. The number of para-hydroxylation sites is 2. The van der Waals surface area contributed by atoms with Gasteiger partial charge >= 0.3 is 0 Å². The second-order valence-electron chi connectivity index (χ2n) is 8.42. The van der Waals surface area contributed by atoms with Gasteiger partial charge in [-0.3, -0.25) is 14.6 Å². The Labute approximate surface area is 169 Å². The lowest BCUT2D eigenvalue weighted by Crippen LogP contribution is -2.44. The molecule has 0 N–H and O–H groups in total. The lowest BCUT2D eigenvalue weighted by atomic mass is 9.71. The van der Waals surface area contributed by atoms with Gasteiger partial charge in [0.2, 0.25) is 6.41 Å². The number of rotatable bonds is 6. The molecule has 4 rings (SSSR count). The van der Waals surface area contributed by atoms with Crippen LogP contribution in [0.4, 0.5) is 11.4 Å². The number of benzene rings is 2. The molecule has 3 atom stereocenters. The molecule has 1 heterocycles. The molecule has 3 nitrogen and oxygen atoms in total. The first-order valence-corrected chi connectivity index (χ1v) is 10.9. The molecule has 2 aromatic rings. The number of hydrogen-bond acceptors (Lipinski definition) is 2. The van der Waals surface area contributed by atoms with E-state index in [-0.39, 0.29) is 0 Å². The zero-order valence-corrected chi connectivity index (χ0v) is 17.0. The maximum absolute atomic E-state index is 12.1. The predicted octanol–water partition coefficient (Wildman–Crippen LogP) is 5.94. The van der Waals surface area contributed by atoms with Crippen molar-refractivity contribution in [1.82, 2.24) is 4.90 Å². The molecule has 1 saturated carbocycles. The minimum absolute atomic E-state index is 0.404. The van der Waals surface area contributed by atoms with Crippen LogP contribution in [0.15, 0.2) is 54.6 Å². The summed E-state index contributed by atoms with van der Waals surface area (Å²) in [4.78, 5) is 16.6. The van der Waals surface area contributed by atoms with Crippen molar-refractivity contribution in [2.45, 2.75) is 51.5 Å². The predicted molar refractivity (Wildman–Crippen MR) is 116 cm³/mol. The molecule has 1 aliphatic heterocycles. The van der Waals surface area contributed by atoms with E-state index in [1.165, 1.54) is 50.6 Å². The second kappa shape index (κ2) is 8.91. The Hall–Kier alpha value is -2.13. The third kappa shape index (κ3) is 3.86. The van der Waals surface area contributed by atoms with Gasteiger partial charge in [-0.15, -0.1) is 0 Å². The van der Waals surface area contributed by atoms with Gasteiger partial charge in [-0.2, -0.15) is 0 Å². The summed E-state index contributed by atoms with van der Waals surface area (Å²) in [5.41, 5.74) is 3.26. The van der Waals surface area contributed by atoms with Gasteiger partial charge in [0.1, 0.15) is 0 Å². The number of hydrogen-bond donors (Lipinski definition) is 0. The van der Waals surface area contributed by atoms with Crippen molar-refractivity contribution in [2.75, 3.05) is 18.0 Å². The maximum atomic E-state index is 12.1. The van der Waals surface area contributed by atoms with E-state index < -0.39 is 0 Å². The number of likely N-dealkylation sites (tertiary alicyclic amines) is 1. The highest BCUT2D eigenvalue weighted by atomic mass is 16.1. The van der Waals surface area contributed by atoms with Crippen LogP contribution in [-0.4, -0.2) is 24.4 Å². The summed E-state index contributed by atoms with van der Waals surface area (Å²) in [7, 11) is 0. The van der Waals surface area contributed by atoms with E-state index in [4.69, 9.17) is 0 Å². The minimum Gasteiger partial charge on any atom is -0.296 e. The Balaban J connectivity index is 1.70. The van der Waals surface area contributed by atoms with Crippen molar-refractivity contribution in [3.8, 4) is 0 Å². The highest BCUT2D eigenvalue weighted by Gasteiger charge is 2.38. The molecule has 2 fully saturated rings. The molecule has 1 aliphatic carbocycles. The molecule has 2 aromatic carbocycles. The summed E-state index contributed by atoms with van der Waals surface area (Å²) in [5, 5.41) is 0. The summed E-state index contributed by atoms with van der Waals surface area (Å²) >= 11 is 0. The Kier molecular flexibility index (Phi) is 6.11. The van der Waals surface area contributed by atoms with E-state index in [0.29, 0.717) is 6.04 Å². The molecular formula is C25H32N2O. The number of carbonyl (C=O) groups excluding carboxylic acids is 1. The monoisotopic (exact) mass is 376 g/mol. The first kappa shape index (κ1) is 19.2. The minimum atomic E-state index is 0.404. The van der Waals surface area contributed by atoms with Crippen molar-refractivity contribution in [1.29, 1.82) is 0 Å². The first-order chi connectivity index (χ1) is 13.8. The standard InChI is InChI=1S/C25H32N2O/c1-2-16-26-18-21-11-7-6-10-20(21)17-25(26)23-14-8-9-15-24(23)27(19-28)22-12-4-3-5-13-22/h3-5,8-9,12-15,19-21,25H,2,6-7,10-11,16-18H2,1H3. The van der Waals surface area contributed by atoms with E-state index in [0.717, 1.165) is 36.2 Å². The lowest BCUT2D eigenvalue weighted by Gasteiger charge is -2.47. The first-order valence-electron chi connectivity index (χ1n) is 10.9. The molecular weight excluding hydrogens is 344 g/mol. The summed E-state index contributed by atoms with van der Waals surface area (Å²) in [6, 6.07) is 18.9. The smallest absolute Gasteiger partial charge is 0.218 e. The lowest BCUT2D eigenvalue weighted by molar-refractivity contribution is -0.106. The molecule has 28 heavy (non-hydrogen) atoms. The number of fused-ring (bicyclic) bond motifs is 1. The molecule has 3 unspecified atom stereocenters. The van der Waals surface area contributed by atoms with Crippen LogP contribution in [-0.2, 0) is 4.79 Å². The summed E-state index contributed by atoms with van der Waals surface area (Å²) in [5.74, 6) is 1.70. The van der Waals surface area contributed by atoms with Gasteiger partial charge in [0.25, 0.3) is 0 Å². The highest BCUT2D eigenvalue weighted by molar-refractivity contribution is 5.87. The highest BCUT2D eigenvalue weighted by Crippen LogP contribution is 2.46. The zero-order chi connectivity index (χ0) is 19.3. The number of nitrogens with zero attached hydrogens (tertiary/aromatic N) is 2. The van der Waals surface area contributed by atoms with Crippen LogP contribution in [0.3, 0.4) is 0 Å². The quantitative estimate of drug-likeness (QED) is 0.582. The second-order valence-corrected chi connectivity index (χ2v) is 8.42. The maximum Gasteiger partial charge on any atom is 0.218 e. The Bertz CT molecular complexity index is 775. The third-order valence-corrected chi connectivity index (χ3v) is 6.71. The molecule has 0 aromatic heterocycles. The molecule has 148 valence electrons. The van der Waals surface area contributed by atoms with Crippen molar-refractivity contribution in [3.05, 3.63) is 60.2 Å². The van der Waals surface area contributed by atoms with Gasteiger partial charge in [0.05, 0.1) is 5.69 Å². The Morgan fingerprint density at radius 2 is 1.71 bits per heavy atom. The van der Waals surface area contributed by atoms with Crippen LogP contribution in [0.25, 0.3) is 0 Å². The molecule has 0 spiro atoms. The van der Waals surface area contributed by atoms with Crippen molar-refractivity contribution >= 4 is 17.8 Å².